The van der Waals surface area contributed by atoms with Gasteiger partial charge in [-0.3, -0.25) is 9.59 Å². The van der Waals surface area contributed by atoms with Crippen molar-refractivity contribution in [1.82, 2.24) is 5.32 Å². The maximum atomic E-state index is 11.3. The molecular formula is C10H21N3O3. The molecule has 1 atom stereocenters. The number of hydrogen-bond donors (Lipinski definition) is 4. The molecule has 0 saturated carbocycles. The highest BCUT2D eigenvalue weighted by Crippen LogP contribution is 1.99. The fraction of sp³-hybridized carbons (Fsp3) is 0.800. The summed E-state index contributed by atoms with van der Waals surface area (Å²) in [5, 5.41) is 11.0. The predicted octanol–water partition coefficient (Wildman–Crippen LogP) is -0.229. The molecule has 0 aliphatic rings. The van der Waals surface area contributed by atoms with Gasteiger partial charge in [0.25, 0.3) is 0 Å². The summed E-state index contributed by atoms with van der Waals surface area (Å²) in [6, 6.07) is 0. The van der Waals surface area contributed by atoms with Gasteiger partial charge in [-0.2, -0.15) is 0 Å². The minimum absolute atomic E-state index is 0.0801. The van der Waals surface area contributed by atoms with E-state index in [2.05, 4.69) is 5.32 Å². The summed E-state index contributed by atoms with van der Waals surface area (Å²) in [5.74, 6) is -0.947. The molecule has 6 N–H and O–H groups in total. The molecular weight excluding hydrogens is 210 g/mol. The van der Waals surface area contributed by atoms with Crippen molar-refractivity contribution in [2.75, 3.05) is 6.54 Å². The lowest BCUT2D eigenvalue weighted by Gasteiger charge is -2.13. The molecule has 0 rings (SSSR count). The van der Waals surface area contributed by atoms with Crippen molar-refractivity contribution >= 4 is 11.9 Å². The molecule has 0 spiro atoms. The van der Waals surface area contributed by atoms with Gasteiger partial charge in [0, 0.05) is 12.8 Å². The molecule has 0 aliphatic heterocycles. The average Bonchev–Trinajstić information content (AvgIpc) is 2.17. The number of hydrogen-bond acceptors (Lipinski definition) is 4. The van der Waals surface area contributed by atoms with Crippen LogP contribution in [0.25, 0.3) is 0 Å². The largest absolute Gasteiger partial charge is 0.481 e. The second-order valence-corrected chi connectivity index (χ2v) is 3.71. The average molecular weight is 231 g/mol. The Balaban J connectivity index is 3.50. The summed E-state index contributed by atoms with van der Waals surface area (Å²) in [4.78, 5) is 21.5. The van der Waals surface area contributed by atoms with E-state index in [1.54, 1.807) is 0 Å². The van der Waals surface area contributed by atoms with Gasteiger partial charge in [0.2, 0.25) is 5.91 Å². The van der Waals surface area contributed by atoms with Crippen molar-refractivity contribution in [3.05, 3.63) is 0 Å². The van der Waals surface area contributed by atoms with Crippen LogP contribution >= 0.6 is 0 Å². The number of carbonyl (C=O) groups excluding carboxylic acids is 1. The van der Waals surface area contributed by atoms with E-state index in [9.17, 15) is 9.59 Å². The molecule has 0 aliphatic carbocycles. The maximum Gasteiger partial charge on any atom is 0.303 e. The lowest BCUT2D eigenvalue weighted by molar-refractivity contribution is -0.137. The summed E-state index contributed by atoms with van der Waals surface area (Å²) in [7, 11) is 0. The Morgan fingerprint density at radius 3 is 2.44 bits per heavy atom. The van der Waals surface area contributed by atoms with E-state index < -0.39 is 12.1 Å². The molecule has 0 saturated heterocycles. The highest BCUT2D eigenvalue weighted by Gasteiger charge is 2.07. The Hall–Kier alpha value is -1.14. The first-order valence-corrected chi connectivity index (χ1v) is 5.53. The summed E-state index contributed by atoms with van der Waals surface area (Å²) >= 11 is 0. The standard InChI is InChI=1S/C10H21N3O3/c11-7-2-1-5-9(14)13-8(12)4-3-6-10(15)16/h8H,1-7,11-12H2,(H,13,14)(H,15,16). The van der Waals surface area contributed by atoms with Gasteiger partial charge >= 0.3 is 5.97 Å². The monoisotopic (exact) mass is 231 g/mol. The Morgan fingerprint density at radius 2 is 1.88 bits per heavy atom. The summed E-state index contributed by atoms with van der Waals surface area (Å²) in [6.07, 6.45) is 2.57. The Kier molecular flexibility index (Phi) is 8.46. The number of nitrogens with one attached hydrogen (secondary N) is 1. The molecule has 94 valence electrons. The van der Waals surface area contributed by atoms with Crippen LogP contribution in [0.5, 0.6) is 0 Å². The van der Waals surface area contributed by atoms with Crippen molar-refractivity contribution in [2.24, 2.45) is 11.5 Å². The fourth-order valence-corrected chi connectivity index (χ4v) is 1.25. The highest BCUT2D eigenvalue weighted by molar-refractivity contribution is 5.76. The van der Waals surface area contributed by atoms with Crippen LogP contribution < -0.4 is 16.8 Å². The first-order valence-electron chi connectivity index (χ1n) is 5.53. The zero-order valence-corrected chi connectivity index (χ0v) is 9.45. The Morgan fingerprint density at radius 1 is 1.19 bits per heavy atom. The van der Waals surface area contributed by atoms with Crippen LogP contribution in [0.1, 0.15) is 38.5 Å². The molecule has 16 heavy (non-hydrogen) atoms. The van der Waals surface area contributed by atoms with Crippen LogP contribution in [-0.2, 0) is 9.59 Å². The van der Waals surface area contributed by atoms with Gasteiger partial charge in [-0.25, -0.2) is 0 Å². The number of amides is 1. The molecule has 0 aromatic rings. The minimum Gasteiger partial charge on any atom is -0.481 e. The Labute approximate surface area is 95.4 Å². The van der Waals surface area contributed by atoms with E-state index in [-0.39, 0.29) is 12.3 Å². The molecule has 1 amide bonds. The van der Waals surface area contributed by atoms with Gasteiger partial charge in [0.15, 0.2) is 0 Å². The van der Waals surface area contributed by atoms with Gasteiger partial charge in [-0.1, -0.05) is 0 Å². The molecule has 0 bridgehead atoms. The van der Waals surface area contributed by atoms with Crippen molar-refractivity contribution in [3.8, 4) is 0 Å². The number of nitrogens with two attached hydrogens (primary N) is 2. The molecule has 1 unspecified atom stereocenters. The van der Waals surface area contributed by atoms with Crippen LogP contribution in [0.3, 0.4) is 0 Å². The zero-order chi connectivity index (χ0) is 12.4. The molecule has 0 aromatic heterocycles. The topological polar surface area (TPSA) is 118 Å². The second kappa shape index (κ2) is 9.11. The maximum absolute atomic E-state index is 11.3. The normalized spacial score (nSPS) is 12.1. The van der Waals surface area contributed by atoms with E-state index in [1.165, 1.54) is 0 Å². The van der Waals surface area contributed by atoms with Crippen LogP contribution in [-0.4, -0.2) is 29.7 Å². The third-order valence-corrected chi connectivity index (χ3v) is 2.11. The third kappa shape index (κ3) is 9.42. The van der Waals surface area contributed by atoms with Gasteiger partial charge in [0.05, 0.1) is 6.17 Å². The number of carboxylic acid groups (broad SMARTS) is 1. The first-order chi connectivity index (χ1) is 7.56. The number of aliphatic carboxylic acids is 1. The summed E-state index contributed by atoms with van der Waals surface area (Å²) in [5.41, 5.74) is 10.9. The van der Waals surface area contributed by atoms with Gasteiger partial charge in [0.1, 0.15) is 0 Å². The smallest absolute Gasteiger partial charge is 0.303 e. The molecule has 0 fully saturated rings. The SMILES string of the molecule is NCCCCC(=O)NC(N)CCCC(=O)O. The van der Waals surface area contributed by atoms with Gasteiger partial charge < -0.3 is 21.9 Å². The summed E-state index contributed by atoms with van der Waals surface area (Å²) < 4.78 is 0. The van der Waals surface area contributed by atoms with Crippen molar-refractivity contribution in [1.29, 1.82) is 0 Å². The van der Waals surface area contributed by atoms with Crippen molar-refractivity contribution < 1.29 is 14.7 Å². The van der Waals surface area contributed by atoms with E-state index in [4.69, 9.17) is 16.6 Å². The number of rotatable bonds is 9. The van der Waals surface area contributed by atoms with E-state index in [1.807, 2.05) is 0 Å². The number of carboxylic acids is 1. The lowest BCUT2D eigenvalue weighted by Crippen LogP contribution is -2.41. The van der Waals surface area contributed by atoms with Crippen LogP contribution in [0.2, 0.25) is 0 Å². The zero-order valence-electron chi connectivity index (χ0n) is 9.45. The van der Waals surface area contributed by atoms with E-state index >= 15 is 0 Å². The summed E-state index contributed by atoms with van der Waals surface area (Å²) in [6.45, 7) is 0.581. The molecule has 0 heterocycles. The van der Waals surface area contributed by atoms with Crippen LogP contribution in [0.15, 0.2) is 0 Å². The molecule has 6 heteroatoms. The van der Waals surface area contributed by atoms with Crippen molar-refractivity contribution in [2.45, 2.75) is 44.7 Å². The number of carbonyl (C=O) groups is 2. The van der Waals surface area contributed by atoms with Gasteiger partial charge in [-0.05, 0) is 32.2 Å². The molecule has 0 radical (unpaired) electrons. The Bertz CT molecular complexity index is 221. The second-order valence-electron chi connectivity index (χ2n) is 3.71. The molecule has 0 aromatic carbocycles. The third-order valence-electron chi connectivity index (χ3n) is 2.11. The predicted molar refractivity (Wildman–Crippen MR) is 60.5 cm³/mol. The van der Waals surface area contributed by atoms with E-state index in [0.717, 1.165) is 12.8 Å². The quantitative estimate of drug-likeness (QED) is 0.323. The van der Waals surface area contributed by atoms with Gasteiger partial charge in [-0.15, -0.1) is 0 Å². The minimum atomic E-state index is -0.846. The molecule has 6 nitrogen and oxygen atoms in total. The first kappa shape index (κ1) is 14.9. The lowest BCUT2D eigenvalue weighted by atomic mass is 10.2. The van der Waals surface area contributed by atoms with E-state index in [0.29, 0.717) is 25.8 Å². The fourth-order valence-electron chi connectivity index (χ4n) is 1.25. The number of unbranched alkanes of at least 4 members (excludes halogenated alkanes) is 1. The highest BCUT2D eigenvalue weighted by atomic mass is 16.4. The van der Waals surface area contributed by atoms with Crippen molar-refractivity contribution in [3.63, 3.8) is 0 Å². The van der Waals surface area contributed by atoms with Crippen LogP contribution in [0, 0.1) is 0 Å². The van der Waals surface area contributed by atoms with Crippen LogP contribution in [0.4, 0.5) is 0 Å².